The average Bonchev–Trinajstić information content (AvgIpc) is 2.75. The number of aromatic nitrogens is 1. The van der Waals surface area contributed by atoms with Gasteiger partial charge in [0.15, 0.2) is 0 Å². The van der Waals surface area contributed by atoms with Crippen LogP contribution in [0.4, 0.5) is 5.82 Å². The molecular weight excluding hydrogens is 298 g/mol. The molecule has 2 heterocycles. The van der Waals surface area contributed by atoms with Gasteiger partial charge in [-0.2, -0.15) is 0 Å². The highest BCUT2D eigenvalue weighted by Gasteiger charge is 2.05. The van der Waals surface area contributed by atoms with Crippen LogP contribution >= 0.6 is 27.3 Å². The fourth-order valence-corrected chi connectivity index (χ4v) is 3.05. The van der Waals surface area contributed by atoms with E-state index < -0.39 is 0 Å². The lowest BCUT2D eigenvalue weighted by atomic mass is 10.3. The molecule has 2 aromatic rings. The van der Waals surface area contributed by atoms with Crippen molar-refractivity contribution in [3.05, 3.63) is 44.7 Å². The molecule has 3 nitrogen and oxygen atoms in total. The summed E-state index contributed by atoms with van der Waals surface area (Å²) >= 11 is 5.20. The van der Waals surface area contributed by atoms with E-state index in [1.807, 2.05) is 25.2 Å². The number of anilines is 1. The standard InChI is InChI=1S/C12H14BrN3S/c1-16(7-11-5-9(13)8-17-11)12-4-2-3-10(6-14)15-12/h2-5,8H,6-7,14H2,1H3. The predicted octanol–water partition coefficient (Wildman–Crippen LogP) is 3.00. The molecule has 0 aliphatic carbocycles. The Labute approximate surface area is 113 Å². The normalized spacial score (nSPS) is 10.5. The fourth-order valence-electron chi connectivity index (χ4n) is 1.54. The molecule has 0 saturated carbocycles. The van der Waals surface area contributed by atoms with Crippen molar-refractivity contribution in [2.75, 3.05) is 11.9 Å². The molecule has 17 heavy (non-hydrogen) atoms. The Morgan fingerprint density at radius 2 is 2.29 bits per heavy atom. The number of thiophene rings is 1. The summed E-state index contributed by atoms with van der Waals surface area (Å²) in [6.45, 7) is 1.34. The van der Waals surface area contributed by atoms with Gasteiger partial charge in [-0.1, -0.05) is 6.07 Å². The van der Waals surface area contributed by atoms with E-state index in [1.165, 1.54) is 4.88 Å². The third-order valence-corrected chi connectivity index (χ3v) is 4.09. The summed E-state index contributed by atoms with van der Waals surface area (Å²) in [6, 6.07) is 8.07. The van der Waals surface area contributed by atoms with E-state index in [2.05, 4.69) is 37.3 Å². The van der Waals surface area contributed by atoms with Crippen LogP contribution in [0.25, 0.3) is 0 Å². The number of nitrogens with two attached hydrogens (primary N) is 1. The second-order valence-electron chi connectivity index (χ2n) is 3.78. The first kappa shape index (κ1) is 12.5. The molecule has 2 rings (SSSR count). The lowest BCUT2D eigenvalue weighted by molar-refractivity contribution is 0.888. The van der Waals surface area contributed by atoms with Crippen LogP contribution in [0.1, 0.15) is 10.6 Å². The molecule has 0 bridgehead atoms. The molecule has 0 atom stereocenters. The van der Waals surface area contributed by atoms with E-state index in [-0.39, 0.29) is 0 Å². The average molecular weight is 312 g/mol. The lowest BCUT2D eigenvalue weighted by Crippen LogP contribution is -2.17. The number of hydrogen-bond acceptors (Lipinski definition) is 4. The summed E-state index contributed by atoms with van der Waals surface area (Å²) in [4.78, 5) is 7.92. The van der Waals surface area contributed by atoms with Crippen LogP contribution in [-0.4, -0.2) is 12.0 Å². The summed E-state index contributed by atoms with van der Waals surface area (Å²) in [5, 5.41) is 2.09. The summed E-state index contributed by atoms with van der Waals surface area (Å²) < 4.78 is 1.13. The highest BCUT2D eigenvalue weighted by atomic mass is 79.9. The zero-order valence-electron chi connectivity index (χ0n) is 9.56. The molecule has 2 N–H and O–H groups in total. The number of nitrogens with zero attached hydrogens (tertiary/aromatic N) is 2. The van der Waals surface area contributed by atoms with E-state index in [0.29, 0.717) is 6.54 Å². The Balaban J connectivity index is 2.11. The summed E-state index contributed by atoms with van der Waals surface area (Å²) in [6.07, 6.45) is 0. The molecule has 0 aromatic carbocycles. The molecule has 0 fully saturated rings. The largest absolute Gasteiger partial charge is 0.355 e. The van der Waals surface area contributed by atoms with Crippen molar-refractivity contribution in [1.82, 2.24) is 4.98 Å². The van der Waals surface area contributed by atoms with Crippen LogP contribution in [0.3, 0.4) is 0 Å². The third kappa shape index (κ3) is 3.28. The Bertz CT molecular complexity index is 498. The van der Waals surface area contributed by atoms with Crippen molar-refractivity contribution in [2.45, 2.75) is 13.1 Å². The minimum Gasteiger partial charge on any atom is -0.355 e. The molecule has 0 spiro atoms. The molecule has 2 aromatic heterocycles. The number of hydrogen-bond donors (Lipinski definition) is 1. The monoisotopic (exact) mass is 311 g/mol. The smallest absolute Gasteiger partial charge is 0.128 e. The second kappa shape index (κ2) is 5.62. The quantitative estimate of drug-likeness (QED) is 0.944. The van der Waals surface area contributed by atoms with Gasteiger partial charge in [0.2, 0.25) is 0 Å². The van der Waals surface area contributed by atoms with Gasteiger partial charge in [-0.3, -0.25) is 0 Å². The van der Waals surface area contributed by atoms with E-state index in [0.717, 1.165) is 22.5 Å². The van der Waals surface area contributed by atoms with Crippen molar-refractivity contribution >= 4 is 33.1 Å². The molecule has 90 valence electrons. The van der Waals surface area contributed by atoms with Gasteiger partial charge in [-0.05, 0) is 34.1 Å². The maximum atomic E-state index is 5.59. The Morgan fingerprint density at radius 1 is 1.47 bits per heavy atom. The highest BCUT2D eigenvalue weighted by Crippen LogP contribution is 2.22. The molecule has 0 aliphatic heterocycles. The summed E-state index contributed by atoms with van der Waals surface area (Å²) in [5.74, 6) is 0.956. The highest BCUT2D eigenvalue weighted by molar-refractivity contribution is 9.10. The molecule has 0 saturated heterocycles. The first-order valence-electron chi connectivity index (χ1n) is 5.29. The molecular formula is C12H14BrN3S. The van der Waals surface area contributed by atoms with Gasteiger partial charge in [0.1, 0.15) is 5.82 Å². The SMILES string of the molecule is CN(Cc1cc(Br)cs1)c1cccc(CN)n1. The molecule has 0 amide bonds. The van der Waals surface area contributed by atoms with E-state index in [1.54, 1.807) is 11.3 Å². The maximum absolute atomic E-state index is 5.59. The first-order valence-corrected chi connectivity index (χ1v) is 6.96. The lowest BCUT2D eigenvalue weighted by Gasteiger charge is -2.17. The summed E-state index contributed by atoms with van der Waals surface area (Å²) in [5.41, 5.74) is 6.51. The van der Waals surface area contributed by atoms with Crippen molar-refractivity contribution < 1.29 is 0 Å². The van der Waals surface area contributed by atoms with E-state index >= 15 is 0 Å². The Kier molecular flexibility index (Phi) is 4.15. The molecule has 0 radical (unpaired) electrons. The Hall–Kier alpha value is -0.910. The zero-order chi connectivity index (χ0) is 12.3. The number of rotatable bonds is 4. The van der Waals surface area contributed by atoms with Crippen LogP contribution in [0.5, 0.6) is 0 Å². The molecule has 0 unspecified atom stereocenters. The number of pyridine rings is 1. The van der Waals surface area contributed by atoms with Crippen LogP contribution < -0.4 is 10.6 Å². The second-order valence-corrected chi connectivity index (χ2v) is 5.69. The fraction of sp³-hybridized carbons (Fsp3) is 0.250. The van der Waals surface area contributed by atoms with Gasteiger partial charge in [-0.15, -0.1) is 11.3 Å². The van der Waals surface area contributed by atoms with Gasteiger partial charge in [0, 0.05) is 28.3 Å². The summed E-state index contributed by atoms with van der Waals surface area (Å²) in [7, 11) is 2.04. The van der Waals surface area contributed by atoms with Crippen LogP contribution in [-0.2, 0) is 13.1 Å². The van der Waals surface area contributed by atoms with E-state index in [4.69, 9.17) is 5.73 Å². The molecule has 0 aliphatic rings. The number of halogens is 1. The maximum Gasteiger partial charge on any atom is 0.128 e. The van der Waals surface area contributed by atoms with Gasteiger partial charge in [0.25, 0.3) is 0 Å². The van der Waals surface area contributed by atoms with Gasteiger partial charge < -0.3 is 10.6 Å². The van der Waals surface area contributed by atoms with Crippen LogP contribution in [0.15, 0.2) is 34.1 Å². The topological polar surface area (TPSA) is 42.1 Å². The first-order chi connectivity index (χ1) is 8.19. The van der Waals surface area contributed by atoms with Gasteiger partial charge in [0.05, 0.1) is 12.2 Å². The van der Waals surface area contributed by atoms with E-state index in [9.17, 15) is 0 Å². The minimum absolute atomic E-state index is 0.478. The molecule has 5 heteroatoms. The minimum atomic E-state index is 0.478. The van der Waals surface area contributed by atoms with Crippen molar-refractivity contribution in [3.63, 3.8) is 0 Å². The van der Waals surface area contributed by atoms with Gasteiger partial charge in [-0.25, -0.2) is 4.98 Å². The predicted molar refractivity (Wildman–Crippen MR) is 76.3 cm³/mol. The van der Waals surface area contributed by atoms with Gasteiger partial charge >= 0.3 is 0 Å². The zero-order valence-corrected chi connectivity index (χ0v) is 12.0. The third-order valence-electron chi connectivity index (χ3n) is 2.41. The van der Waals surface area contributed by atoms with Crippen LogP contribution in [0.2, 0.25) is 0 Å². The van der Waals surface area contributed by atoms with Crippen molar-refractivity contribution in [2.24, 2.45) is 5.73 Å². The Morgan fingerprint density at radius 3 is 2.94 bits per heavy atom. The van der Waals surface area contributed by atoms with Crippen molar-refractivity contribution in [1.29, 1.82) is 0 Å². The van der Waals surface area contributed by atoms with Crippen molar-refractivity contribution in [3.8, 4) is 0 Å². The van der Waals surface area contributed by atoms with Crippen LogP contribution in [0, 0.1) is 0 Å².